The standard InChI is InChI=1S/C9H14N2O6S/c1-5-3-7(10-17-5)4-18(15,16)11-8(6(2)12)9(13)14/h3,6,8,11-12H,4H2,1-2H3,(H,13,14). The molecule has 0 amide bonds. The van der Waals surface area contributed by atoms with Crippen LogP contribution in [-0.4, -0.2) is 41.9 Å². The van der Waals surface area contributed by atoms with Gasteiger partial charge in [-0.15, -0.1) is 0 Å². The van der Waals surface area contributed by atoms with E-state index in [2.05, 4.69) is 5.16 Å². The smallest absolute Gasteiger partial charge is 0.324 e. The Morgan fingerprint density at radius 1 is 1.61 bits per heavy atom. The minimum absolute atomic E-state index is 0.162. The van der Waals surface area contributed by atoms with Crippen LogP contribution in [0.5, 0.6) is 0 Å². The Labute approximate surface area is 104 Å². The lowest BCUT2D eigenvalue weighted by molar-refractivity contribution is -0.141. The molecule has 0 aliphatic carbocycles. The van der Waals surface area contributed by atoms with Crippen molar-refractivity contribution >= 4 is 16.0 Å². The summed E-state index contributed by atoms with van der Waals surface area (Å²) in [6.45, 7) is 2.79. The molecule has 0 spiro atoms. The first-order valence-electron chi connectivity index (χ1n) is 5.04. The number of hydrogen-bond donors (Lipinski definition) is 3. The maximum atomic E-state index is 11.7. The first-order chi connectivity index (χ1) is 8.21. The zero-order valence-electron chi connectivity index (χ0n) is 9.82. The molecular formula is C9H14N2O6S. The third kappa shape index (κ3) is 4.09. The lowest BCUT2D eigenvalue weighted by Crippen LogP contribution is -2.47. The van der Waals surface area contributed by atoms with E-state index >= 15 is 0 Å². The van der Waals surface area contributed by atoms with E-state index in [4.69, 9.17) is 9.63 Å². The summed E-state index contributed by atoms with van der Waals surface area (Å²) in [6, 6.07) is -0.166. The minimum Gasteiger partial charge on any atom is -0.480 e. The van der Waals surface area contributed by atoms with Gasteiger partial charge in [-0.25, -0.2) is 8.42 Å². The fourth-order valence-corrected chi connectivity index (χ4v) is 2.56. The number of nitrogens with zero attached hydrogens (tertiary/aromatic N) is 1. The van der Waals surface area contributed by atoms with Gasteiger partial charge in [0.15, 0.2) is 0 Å². The maximum Gasteiger partial charge on any atom is 0.324 e. The Morgan fingerprint density at radius 2 is 2.22 bits per heavy atom. The first-order valence-corrected chi connectivity index (χ1v) is 6.69. The van der Waals surface area contributed by atoms with E-state index in [1.165, 1.54) is 13.0 Å². The van der Waals surface area contributed by atoms with E-state index in [0.717, 1.165) is 0 Å². The lowest BCUT2D eigenvalue weighted by atomic mass is 10.2. The van der Waals surface area contributed by atoms with Crippen LogP contribution in [0.15, 0.2) is 10.6 Å². The van der Waals surface area contributed by atoms with Crippen LogP contribution in [0.2, 0.25) is 0 Å². The molecule has 2 atom stereocenters. The van der Waals surface area contributed by atoms with Crippen LogP contribution < -0.4 is 4.72 Å². The van der Waals surface area contributed by atoms with Gasteiger partial charge in [0.2, 0.25) is 10.0 Å². The van der Waals surface area contributed by atoms with Gasteiger partial charge in [0, 0.05) is 6.07 Å². The zero-order chi connectivity index (χ0) is 13.9. The zero-order valence-corrected chi connectivity index (χ0v) is 10.6. The number of aromatic nitrogens is 1. The van der Waals surface area contributed by atoms with Gasteiger partial charge in [-0.05, 0) is 13.8 Å². The quantitative estimate of drug-likeness (QED) is 0.623. The Hall–Kier alpha value is -1.45. The van der Waals surface area contributed by atoms with E-state index in [-0.39, 0.29) is 5.69 Å². The van der Waals surface area contributed by atoms with Crippen molar-refractivity contribution in [1.82, 2.24) is 9.88 Å². The second-order valence-electron chi connectivity index (χ2n) is 3.86. The number of nitrogens with one attached hydrogen (secondary N) is 1. The molecule has 0 aliphatic heterocycles. The molecule has 2 unspecified atom stereocenters. The van der Waals surface area contributed by atoms with Crippen molar-refractivity contribution in [1.29, 1.82) is 0 Å². The summed E-state index contributed by atoms with van der Waals surface area (Å²) in [7, 11) is -3.92. The van der Waals surface area contributed by atoms with Crippen LogP contribution in [0.1, 0.15) is 18.4 Å². The number of carboxylic acid groups (broad SMARTS) is 1. The van der Waals surface area contributed by atoms with Crippen LogP contribution in [0.25, 0.3) is 0 Å². The van der Waals surface area contributed by atoms with Crippen molar-refractivity contribution in [3.05, 3.63) is 17.5 Å². The van der Waals surface area contributed by atoms with Gasteiger partial charge in [0.25, 0.3) is 0 Å². The van der Waals surface area contributed by atoms with Gasteiger partial charge >= 0.3 is 5.97 Å². The number of aliphatic hydroxyl groups is 1. The summed E-state index contributed by atoms with van der Waals surface area (Å²) in [5.41, 5.74) is 0.162. The van der Waals surface area contributed by atoms with Gasteiger partial charge in [0.1, 0.15) is 23.2 Å². The fourth-order valence-electron chi connectivity index (χ4n) is 1.27. The molecule has 1 rings (SSSR count). The number of sulfonamides is 1. The van der Waals surface area contributed by atoms with Crippen molar-refractivity contribution in [2.75, 3.05) is 0 Å². The van der Waals surface area contributed by atoms with Crippen molar-refractivity contribution in [2.24, 2.45) is 0 Å². The number of aliphatic carboxylic acids is 1. The van der Waals surface area contributed by atoms with Gasteiger partial charge in [0.05, 0.1) is 6.10 Å². The number of carbonyl (C=O) groups is 1. The average Bonchev–Trinajstić information content (AvgIpc) is 2.58. The summed E-state index contributed by atoms with van der Waals surface area (Å²) >= 11 is 0. The highest BCUT2D eigenvalue weighted by Crippen LogP contribution is 2.07. The average molecular weight is 278 g/mol. The molecule has 18 heavy (non-hydrogen) atoms. The van der Waals surface area contributed by atoms with Crippen LogP contribution in [-0.2, 0) is 20.6 Å². The molecule has 102 valence electrons. The first kappa shape index (κ1) is 14.6. The van der Waals surface area contributed by atoms with Gasteiger partial charge in [-0.1, -0.05) is 5.16 Å². The second-order valence-corrected chi connectivity index (χ2v) is 5.62. The molecule has 0 radical (unpaired) electrons. The Morgan fingerprint density at radius 3 is 2.61 bits per heavy atom. The fraction of sp³-hybridized carbons (Fsp3) is 0.556. The van der Waals surface area contributed by atoms with Crippen LogP contribution in [0.3, 0.4) is 0 Å². The third-order valence-corrected chi connectivity index (χ3v) is 3.36. The molecule has 9 heteroatoms. The van der Waals surface area contributed by atoms with Crippen LogP contribution in [0, 0.1) is 6.92 Å². The predicted octanol–water partition coefficient (Wildman–Crippen LogP) is -0.764. The number of aryl methyl sites for hydroxylation is 1. The van der Waals surface area contributed by atoms with E-state index in [1.54, 1.807) is 6.92 Å². The monoisotopic (exact) mass is 278 g/mol. The van der Waals surface area contributed by atoms with Crippen molar-refractivity contribution in [3.63, 3.8) is 0 Å². The molecule has 8 nitrogen and oxygen atoms in total. The largest absolute Gasteiger partial charge is 0.480 e. The van der Waals surface area contributed by atoms with Crippen LogP contribution in [0.4, 0.5) is 0 Å². The van der Waals surface area contributed by atoms with E-state index in [9.17, 15) is 18.3 Å². The molecule has 3 N–H and O–H groups in total. The highest BCUT2D eigenvalue weighted by Gasteiger charge is 2.28. The van der Waals surface area contributed by atoms with Crippen molar-refractivity contribution < 1.29 is 27.9 Å². The van der Waals surface area contributed by atoms with Crippen LogP contribution >= 0.6 is 0 Å². The topological polar surface area (TPSA) is 130 Å². The molecule has 1 aromatic rings. The van der Waals surface area contributed by atoms with Crippen molar-refractivity contribution in [2.45, 2.75) is 31.7 Å². The van der Waals surface area contributed by atoms with Crippen molar-refractivity contribution in [3.8, 4) is 0 Å². The Bertz CT molecular complexity index is 521. The SMILES string of the molecule is Cc1cc(CS(=O)(=O)NC(C(=O)O)C(C)O)no1. The molecule has 0 aromatic carbocycles. The number of hydrogen-bond acceptors (Lipinski definition) is 6. The molecule has 0 bridgehead atoms. The summed E-state index contributed by atoms with van der Waals surface area (Å²) in [4.78, 5) is 10.8. The number of aliphatic hydroxyl groups excluding tert-OH is 1. The molecule has 1 heterocycles. The van der Waals surface area contributed by atoms with Gasteiger partial charge in [-0.2, -0.15) is 4.72 Å². The molecular weight excluding hydrogens is 264 g/mol. The number of rotatable bonds is 6. The second kappa shape index (κ2) is 5.46. The summed E-state index contributed by atoms with van der Waals surface area (Å²) in [5, 5.41) is 21.4. The minimum atomic E-state index is -3.92. The van der Waals surface area contributed by atoms with E-state index in [0.29, 0.717) is 5.76 Å². The van der Waals surface area contributed by atoms with E-state index < -0.39 is 33.9 Å². The summed E-state index contributed by atoms with van der Waals surface area (Å²) < 4.78 is 29.9. The molecule has 0 aliphatic rings. The normalized spacial score (nSPS) is 15.3. The number of carboxylic acids is 1. The Balaban J connectivity index is 2.78. The third-order valence-electron chi connectivity index (χ3n) is 2.07. The summed E-state index contributed by atoms with van der Waals surface area (Å²) in [5.74, 6) is -1.52. The lowest BCUT2D eigenvalue weighted by Gasteiger charge is -2.16. The van der Waals surface area contributed by atoms with Gasteiger partial charge < -0.3 is 14.7 Å². The summed E-state index contributed by atoms with van der Waals surface area (Å²) in [6.07, 6.45) is -1.35. The predicted molar refractivity (Wildman–Crippen MR) is 60.1 cm³/mol. The van der Waals surface area contributed by atoms with E-state index in [1.807, 2.05) is 4.72 Å². The molecule has 1 aromatic heterocycles. The molecule has 0 fully saturated rings. The van der Waals surface area contributed by atoms with Gasteiger partial charge in [-0.3, -0.25) is 4.79 Å². The molecule has 0 saturated heterocycles. The molecule has 0 saturated carbocycles. The Kier molecular flexibility index (Phi) is 4.43. The highest BCUT2D eigenvalue weighted by molar-refractivity contribution is 7.88. The highest BCUT2D eigenvalue weighted by atomic mass is 32.2. The maximum absolute atomic E-state index is 11.7.